The summed E-state index contributed by atoms with van der Waals surface area (Å²) in [7, 11) is 3.18. The zero-order valence-electron chi connectivity index (χ0n) is 10.2. The van der Waals surface area contributed by atoms with Crippen LogP contribution in [-0.2, 0) is 4.74 Å². The van der Waals surface area contributed by atoms with Gasteiger partial charge in [-0.05, 0) is 18.2 Å². The van der Waals surface area contributed by atoms with Crippen molar-refractivity contribution in [2.75, 3.05) is 27.4 Å². The Kier molecular flexibility index (Phi) is 5.23. The van der Waals surface area contributed by atoms with Gasteiger partial charge in [0.2, 0.25) is 0 Å². The highest BCUT2D eigenvalue weighted by Crippen LogP contribution is 2.20. The largest absolute Gasteiger partial charge is 0.496 e. The third-order valence-corrected chi connectivity index (χ3v) is 2.30. The molecule has 0 saturated heterocycles. The van der Waals surface area contributed by atoms with Crippen molar-refractivity contribution in [1.82, 2.24) is 5.32 Å². The fourth-order valence-corrected chi connectivity index (χ4v) is 1.40. The zero-order valence-corrected chi connectivity index (χ0v) is 10.2. The van der Waals surface area contributed by atoms with Crippen LogP contribution >= 0.6 is 0 Å². The van der Waals surface area contributed by atoms with Gasteiger partial charge in [-0.3, -0.25) is 4.79 Å². The molecular formula is C13H17NO3. The summed E-state index contributed by atoms with van der Waals surface area (Å²) in [6.45, 7) is 4.67. The van der Waals surface area contributed by atoms with Gasteiger partial charge in [-0.2, -0.15) is 0 Å². The second kappa shape index (κ2) is 6.70. The summed E-state index contributed by atoms with van der Waals surface area (Å²) in [4.78, 5) is 11.7. The smallest absolute Gasteiger partial charge is 0.251 e. The maximum Gasteiger partial charge on any atom is 0.251 e. The average molecular weight is 235 g/mol. The predicted molar refractivity (Wildman–Crippen MR) is 67.3 cm³/mol. The lowest BCUT2D eigenvalue weighted by molar-refractivity contribution is 0.0937. The molecule has 0 aliphatic carbocycles. The second-order valence-electron chi connectivity index (χ2n) is 3.41. The molecular weight excluding hydrogens is 218 g/mol. The normalized spacial score (nSPS) is 9.76. The summed E-state index contributed by atoms with van der Waals surface area (Å²) >= 11 is 0. The summed E-state index contributed by atoms with van der Waals surface area (Å²) < 4.78 is 10.0. The lowest BCUT2D eigenvalue weighted by Crippen LogP contribution is -2.26. The van der Waals surface area contributed by atoms with Gasteiger partial charge in [0.25, 0.3) is 5.91 Å². The van der Waals surface area contributed by atoms with Gasteiger partial charge in [0, 0.05) is 24.8 Å². The van der Waals surface area contributed by atoms with E-state index in [4.69, 9.17) is 9.47 Å². The van der Waals surface area contributed by atoms with Crippen LogP contribution in [0.5, 0.6) is 5.75 Å². The standard InChI is InChI=1S/C13H17NO3/c1-4-10-9-11(5-6-12(10)17-3)13(15)14-7-8-16-2/h4-6,9H,1,7-8H2,2-3H3,(H,14,15). The fourth-order valence-electron chi connectivity index (χ4n) is 1.40. The fraction of sp³-hybridized carbons (Fsp3) is 0.308. The van der Waals surface area contributed by atoms with Crippen LogP contribution in [0.25, 0.3) is 6.08 Å². The van der Waals surface area contributed by atoms with Crippen LogP contribution in [0, 0.1) is 0 Å². The first-order valence-corrected chi connectivity index (χ1v) is 5.30. The van der Waals surface area contributed by atoms with Gasteiger partial charge in [-0.15, -0.1) is 0 Å². The van der Waals surface area contributed by atoms with Gasteiger partial charge in [0.05, 0.1) is 13.7 Å². The summed E-state index contributed by atoms with van der Waals surface area (Å²) in [5.41, 5.74) is 1.38. The summed E-state index contributed by atoms with van der Waals surface area (Å²) in [6, 6.07) is 5.21. The van der Waals surface area contributed by atoms with E-state index in [0.717, 1.165) is 5.56 Å². The molecule has 1 aromatic carbocycles. The van der Waals surface area contributed by atoms with Crippen molar-refractivity contribution in [3.05, 3.63) is 35.9 Å². The maximum absolute atomic E-state index is 11.7. The molecule has 0 aromatic heterocycles. The van der Waals surface area contributed by atoms with E-state index in [-0.39, 0.29) is 5.91 Å². The van der Waals surface area contributed by atoms with Crippen LogP contribution in [-0.4, -0.2) is 33.3 Å². The molecule has 0 aliphatic heterocycles. The molecule has 4 heteroatoms. The minimum atomic E-state index is -0.132. The van der Waals surface area contributed by atoms with Gasteiger partial charge in [0.15, 0.2) is 0 Å². The molecule has 0 aliphatic rings. The molecule has 4 nitrogen and oxygen atoms in total. The first kappa shape index (κ1) is 13.3. The van der Waals surface area contributed by atoms with Crippen molar-refractivity contribution in [2.45, 2.75) is 0 Å². The number of carbonyl (C=O) groups excluding carboxylic acids is 1. The van der Waals surface area contributed by atoms with E-state index in [1.807, 2.05) is 0 Å². The van der Waals surface area contributed by atoms with Gasteiger partial charge < -0.3 is 14.8 Å². The van der Waals surface area contributed by atoms with Crippen molar-refractivity contribution < 1.29 is 14.3 Å². The molecule has 1 amide bonds. The highest BCUT2D eigenvalue weighted by molar-refractivity contribution is 5.95. The van der Waals surface area contributed by atoms with Gasteiger partial charge >= 0.3 is 0 Å². The lowest BCUT2D eigenvalue weighted by atomic mass is 10.1. The Balaban J connectivity index is 2.77. The Morgan fingerprint density at radius 2 is 2.24 bits per heavy atom. The van der Waals surface area contributed by atoms with Crippen molar-refractivity contribution in [2.24, 2.45) is 0 Å². The lowest BCUT2D eigenvalue weighted by Gasteiger charge is -2.08. The number of carbonyl (C=O) groups is 1. The number of nitrogens with one attached hydrogen (secondary N) is 1. The van der Waals surface area contributed by atoms with Crippen molar-refractivity contribution in [3.63, 3.8) is 0 Å². The molecule has 92 valence electrons. The highest BCUT2D eigenvalue weighted by atomic mass is 16.5. The molecule has 0 heterocycles. The predicted octanol–water partition coefficient (Wildman–Crippen LogP) is 1.71. The Morgan fingerprint density at radius 1 is 1.47 bits per heavy atom. The van der Waals surface area contributed by atoms with E-state index in [2.05, 4.69) is 11.9 Å². The van der Waals surface area contributed by atoms with Crippen LogP contribution in [0.2, 0.25) is 0 Å². The molecule has 0 unspecified atom stereocenters. The first-order chi connectivity index (χ1) is 8.22. The van der Waals surface area contributed by atoms with E-state index in [1.54, 1.807) is 38.5 Å². The van der Waals surface area contributed by atoms with E-state index in [0.29, 0.717) is 24.5 Å². The minimum Gasteiger partial charge on any atom is -0.496 e. The van der Waals surface area contributed by atoms with Gasteiger partial charge in [-0.25, -0.2) is 0 Å². The Hall–Kier alpha value is -1.81. The van der Waals surface area contributed by atoms with Gasteiger partial charge in [-0.1, -0.05) is 12.7 Å². The number of amides is 1. The summed E-state index contributed by atoms with van der Waals surface area (Å²) in [6.07, 6.45) is 1.66. The van der Waals surface area contributed by atoms with Crippen molar-refractivity contribution >= 4 is 12.0 Å². The average Bonchev–Trinajstić information content (AvgIpc) is 2.38. The summed E-state index contributed by atoms with van der Waals surface area (Å²) in [5.74, 6) is 0.571. The second-order valence-corrected chi connectivity index (χ2v) is 3.41. The number of hydrogen-bond donors (Lipinski definition) is 1. The zero-order chi connectivity index (χ0) is 12.7. The number of rotatable bonds is 6. The number of methoxy groups -OCH3 is 2. The molecule has 1 N–H and O–H groups in total. The van der Waals surface area contributed by atoms with Crippen LogP contribution in [0.1, 0.15) is 15.9 Å². The molecule has 0 radical (unpaired) electrons. The topological polar surface area (TPSA) is 47.6 Å². The van der Waals surface area contributed by atoms with Crippen LogP contribution in [0.3, 0.4) is 0 Å². The minimum absolute atomic E-state index is 0.132. The molecule has 1 rings (SSSR count). The molecule has 0 spiro atoms. The Labute approximate surface area is 101 Å². The van der Waals surface area contributed by atoms with Crippen LogP contribution in [0.4, 0.5) is 0 Å². The SMILES string of the molecule is C=Cc1cc(C(=O)NCCOC)ccc1OC. The molecule has 17 heavy (non-hydrogen) atoms. The van der Waals surface area contributed by atoms with E-state index >= 15 is 0 Å². The van der Waals surface area contributed by atoms with Crippen LogP contribution < -0.4 is 10.1 Å². The molecule has 0 fully saturated rings. The molecule has 0 saturated carbocycles. The quantitative estimate of drug-likeness (QED) is 0.764. The Morgan fingerprint density at radius 3 is 2.82 bits per heavy atom. The van der Waals surface area contributed by atoms with Gasteiger partial charge in [0.1, 0.15) is 5.75 Å². The third kappa shape index (κ3) is 3.60. The number of benzene rings is 1. The Bertz CT molecular complexity index is 402. The number of ether oxygens (including phenoxy) is 2. The number of hydrogen-bond acceptors (Lipinski definition) is 3. The maximum atomic E-state index is 11.7. The highest BCUT2D eigenvalue weighted by Gasteiger charge is 2.07. The first-order valence-electron chi connectivity index (χ1n) is 5.30. The van der Waals surface area contributed by atoms with Crippen LogP contribution in [0.15, 0.2) is 24.8 Å². The molecule has 1 aromatic rings. The monoisotopic (exact) mass is 235 g/mol. The van der Waals surface area contributed by atoms with E-state index in [9.17, 15) is 4.79 Å². The molecule has 0 atom stereocenters. The van der Waals surface area contributed by atoms with Crippen molar-refractivity contribution in [3.8, 4) is 5.75 Å². The van der Waals surface area contributed by atoms with Crippen molar-refractivity contribution in [1.29, 1.82) is 0 Å². The van der Waals surface area contributed by atoms with E-state index < -0.39 is 0 Å². The third-order valence-electron chi connectivity index (χ3n) is 2.30. The molecule has 0 bridgehead atoms. The van der Waals surface area contributed by atoms with E-state index in [1.165, 1.54) is 0 Å². The summed E-state index contributed by atoms with van der Waals surface area (Å²) in [5, 5.41) is 2.75.